The first-order chi connectivity index (χ1) is 15.7. The van der Waals surface area contributed by atoms with Gasteiger partial charge in [-0.05, 0) is 68.4 Å². The van der Waals surface area contributed by atoms with E-state index in [0.29, 0.717) is 30.0 Å². The normalized spacial score (nSPS) is 10.6. The number of amides is 1. The average Bonchev–Trinajstić information content (AvgIpc) is 2.81. The molecule has 2 rings (SSSR count). The van der Waals surface area contributed by atoms with Gasteiger partial charge in [-0.1, -0.05) is 0 Å². The van der Waals surface area contributed by atoms with Gasteiger partial charge in [0.2, 0.25) is 0 Å². The number of carbonyl (C=O) groups excluding carboxylic acids is 1. The molecule has 0 bridgehead atoms. The summed E-state index contributed by atoms with van der Waals surface area (Å²) in [7, 11) is 6.34. The van der Waals surface area contributed by atoms with Crippen LogP contribution < -0.4 is 35.1 Å². The number of ether oxygens (including phenoxy) is 5. The molecule has 10 heteroatoms. The van der Waals surface area contributed by atoms with E-state index in [-0.39, 0.29) is 5.11 Å². The minimum absolute atomic E-state index is 0.245. The van der Waals surface area contributed by atoms with Gasteiger partial charge in [-0.25, -0.2) is 10.2 Å². The third kappa shape index (κ3) is 7.60. The molecule has 33 heavy (non-hydrogen) atoms. The number of nitrogens with one attached hydrogen (secondary N) is 3. The summed E-state index contributed by atoms with van der Waals surface area (Å²) in [6.45, 7) is 4.04. The second-order valence-corrected chi connectivity index (χ2v) is 7.84. The second kappa shape index (κ2) is 12.0. The molecular weight excluding hydrogens is 446 g/mol. The van der Waals surface area contributed by atoms with E-state index in [2.05, 4.69) is 16.2 Å². The predicted molar refractivity (Wildman–Crippen MR) is 129 cm³/mol. The molecule has 0 aliphatic heterocycles. The maximum atomic E-state index is 12.3. The topological polar surface area (TPSA) is 99.3 Å². The van der Waals surface area contributed by atoms with Crippen molar-refractivity contribution in [3.63, 3.8) is 0 Å². The number of rotatable bonds is 9. The summed E-state index contributed by atoms with van der Waals surface area (Å²) in [5.74, 6) is 2.69. The zero-order valence-electron chi connectivity index (χ0n) is 19.7. The summed E-state index contributed by atoms with van der Waals surface area (Å²) in [5.41, 5.74) is 5.79. The predicted octanol–water partition coefficient (Wildman–Crippen LogP) is 3.30. The Morgan fingerprint density at radius 2 is 1.52 bits per heavy atom. The number of methoxy groups -OCH3 is 4. The minimum Gasteiger partial charge on any atom is -0.497 e. The van der Waals surface area contributed by atoms with Crippen molar-refractivity contribution in [2.75, 3.05) is 35.0 Å². The van der Waals surface area contributed by atoms with Gasteiger partial charge >= 0.3 is 6.09 Å². The van der Waals surface area contributed by atoms with Crippen LogP contribution in [0.2, 0.25) is 0 Å². The smallest absolute Gasteiger partial charge is 0.426 e. The fourth-order valence-corrected chi connectivity index (χ4v) is 3.16. The number of carbonyl (C=O) groups is 1. The lowest BCUT2D eigenvalue weighted by Crippen LogP contribution is -2.48. The van der Waals surface area contributed by atoms with E-state index >= 15 is 0 Å². The molecular formula is C23H31N3O6S. The fourth-order valence-electron chi connectivity index (χ4n) is 3.01. The molecule has 0 aliphatic carbocycles. The van der Waals surface area contributed by atoms with Crippen molar-refractivity contribution < 1.29 is 28.5 Å². The molecule has 0 unspecified atom stereocenters. The van der Waals surface area contributed by atoms with Crippen LogP contribution in [0.15, 0.2) is 36.4 Å². The van der Waals surface area contributed by atoms with Crippen LogP contribution in [-0.2, 0) is 16.8 Å². The zero-order chi connectivity index (χ0) is 24.4. The van der Waals surface area contributed by atoms with Gasteiger partial charge in [0.15, 0.2) is 5.11 Å². The molecule has 0 saturated heterocycles. The van der Waals surface area contributed by atoms with Crippen LogP contribution in [0, 0.1) is 0 Å². The lowest BCUT2D eigenvalue weighted by molar-refractivity contribution is 0.0348. The van der Waals surface area contributed by atoms with Crippen molar-refractivity contribution in [3.8, 4) is 23.0 Å². The van der Waals surface area contributed by atoms with Gasteiger partial charge in [-0.15, -0.1) is 0 Å². The van der Waals surface area contributed by atoms with Gasteiger partial charge < -0.3 is 29.0 Å². The number of benzene rings is 2. The Bertz CT molecular complexity index is 945. The molecule has 0 aliphatic rings. The van der Waals surface area contributed by atoms with E-state index in [9.17, 15) is 4.79 Å². The van der Waals surface area contributed by atoms with Crippen molar-refractivity contribution in [1.29, 1.82) is 0 Å². The molecule has 0 radical (unpaired) electrons. The number of hydrogen-bond acceptors (Lipinski definition) is 7. The monoisotopic (exact) mass is 477 g/mol. The molecule has 0 fully saturated rings. The SMILES string of the molecule is COc1cc(OC)cc(C(C)(C)OC(=O)NNC(=S)NCCc2cc(OC)ccc2OC)c1. The Morgan fingerprint density at radius 3 is 2.09 bits per heavy atom. The van der Waals surface area contributed by atoms with E-state index in [1.807, 2.05) is 18.2 Å². The van der Waals surface area contributed by atoms with Crippen molar-refractivity contribution in [3.05, 3.63) is 47.5 Å². The van der Waals surface area contributed by atoms with E-state index < -0.39 is 11.7 Å². The quantitative estimate of drug-likeness (QED) is 0.371. The largest absolute Gasteiger partial charge is 0.497 e. The van der Waals surface area contributed by atoms with Crippen molar-refractivity contribution in [1.82, 2.24) is 16.2 Å². The number of thiocarbonyl (C=S) groups is 1. The number of hydrogen-bond donors (Lipinski definition) is 3. The summed E-state index contributed by atoms with van der Waals surface area (Å²) < 4.78 is 26.8. The maximum Gasteiger partial charge on any atom is 0.426 e. The van der Waals surface area contributed by atoms with E-state index in [4.69, 9.17) is 35.9 Å². The first-order valence-corrected chi connectivity index (χ1v) is 10.6. The highest BCUT2D eigenvalue weighted by Crippen LogP contribution is 2.32. The van der Waals surface area contributed by atoms with Crippen LogP contribution in [0.1, 0.15) is 25.0 Å². The Hall–Kier alpha value is -3.40. The Morgan fingerprint density at radius 1 is 0.879 bits per heavy atom. The van der Waals surface area contributed by atoms with Crippen LogP contribution in [0.4, 0.5) is 4.79 Å². The minimum atomic E-state index is -0.953. The molecule has 3 N–H and O–H groups in total. The summed E-state index contributed by atoms with van der Waals surface area (Å²) in [5, 5.41) is 3.27. The van der Waals surface area contributed by atoms with Gasteiger partial charge in [0.05, 0.1) is 28.4 Å². The van der Waals surface area contributed by atoms with Crippen molar-refractivity contribution in [2.45, 2.75) is 25.9 Å². The summed E-state index contributed by atoms with van der Waals surface area (Å²) in [6.07, 6.45) is -0.0578. The van der Waals surface area contributed by atoms with Crippen LogP contribution >= 0.6 is 12.2 Å². The van der Waals surface area contributed by atoms with Crippen LogP contribution in [0.25, 0.3) is 0 Å². The highest BCUT2D eigenvalue weighted by molar-refractivity contribution is 7.80. The van der Waals surface area contributed by atoms with Gasteiger partial charge in [0, 0.05) is 18.2 Å². The summed E-state index contributed by atoms with van der Waals surface area (Å²) >= 11 is 5.22. The molecule has 0 atom stereocenters. The molecule has 1 amide bonds. The lowest BCUT2D eigenvalue weighted by atomic mass is 9.97. The van der Waals surface area contributed by atoms with E-state index in [1.54, 1.807) is 60.5 Å². The maximum absolute atomic E-state index is 12.3. The van der Waals surface area contributed by atoms with Crippen LogP contribution in [0.5, 0.6) is 23.0 Å². The standard InChI is InChI=1S/C23H31N3O6S/c1-23(2,16-12-18(29-4)14-19(13-16)30-5)32-22(27)26-25-21(33)24-10-9-15-11-17(28-3)7-8-20(15)31-6/h7-8,11-14H,9-10H2,1-6H3,(H,26,27)(H2,24,25,33). The average molecular weight is 478 g/mol. The first-order valence-electron chi connectivity index (χ1n) is 10.2. The highest BCUT2D eigenvalue weighted by atomic mass is 32.1. The molecule has 0 saturated carbocycles. The highest BCUT2D eigenvalue weighted by Gasteiger charge is 2.27. The van der Waals surface area contributed by atoms with Gasteiger partial charge in [-0.2, -0.15) is 0 Å². The van der Waals surface area contributed by atoms with Crippen LogP contribution in [-0.4, -0.2) is 46.2 Å². The molecule has 0 aromatic heterocycles. The fraction of sp³-hybridized carbons (Fsp3) is 0.391. The third-order valence-corrected chi connectivity index (χ3v) is 5.09. The Kier molecular flexibility index (Phi) is 9.41. The molecule has 0 spiro atoms. The Labute approximate surface area is 199 Å². The molecule has 9 nitrogen and oxygen atoms in total. The van der Waals surface area contributed by atoms with Crippen molar-refractivity contribution >= 4 is 23.4 Å². The van der Waals surface area contributed by atoms with Gasteiger partial charge in [-0.3, -0.25) is 5.43 Å². The van der Waals surface area contributed by atoms with Crippen LogP contribution in [0.3, 0.4) is 0 Å². The van der Waals surface area contributed by atoms with Gasteiger partial charge in [0.25, 0.3) is 0 Å². The summed E-state index contributed by atoms with van der Waals surface area (Å²) in [6, 6.07) is 10.9. The summed E-state index contributed by atoms with van der Waals surface area (Å²) in [4.78, 5) is 12.3. The van der Waals surface area contributed by atoms with E-state index in [0.717, 1.165) is 17.1 Å². The lowest BCUT2D eigenvalue weighted by Gasteiger charge is -2.26. The molecule has 2 aromatic rings. The van der Waals surface area contributed by atoms with E-state index in [1.165, 1.54) is 0 Å². The molecule has 2 aromatic carbocycles. The first kappa shape index (κ1) is 25.9. The molecule has 0 heterocycles. The van der Waals surface area contributed by atoms with Crippen molar-refractivity contribution in [2.24, 2.45) is 0 Å². The molecule has 180 valence electrons. The van der Waals surface area contributed by atoms with Gasteiger partial charge in [0.1, 0.15) is 28.6 Å². The third-order valence-electron chi connectivity index (χ3n) is 4.84. The second-order valence-electron chi connectivity index (χ2n) is 7.43. The Balaban J connectivity index is 1.85. The zero-order valence-corrected chi connectivity index (χ0v) is 20.6. The number of hydrazine groups is 1.